The summed E-state index contributed by atoms with van der Waals surface area (Å²) < 4.78 is 7.52. The number of aromatic nitrogens is 2. The van der Waals surface area contributed by atoms with Crippen LogP contribution in [-0.4, -0.2) is 75.9 Å². The Balaban J connectivity index is 1.56. The fraction of sp³-hybridized carbons (Fsp3) is 0.621. The fourth-order valence-electron chi connectivity index (χ4n) is 5.50. The van der Waals surface area contributed by atoms with Crippen LogP contribution >= 0.6 is 0 Å². The quantitative estimate of drug-likeness (QED) is 0.604. The van der Waals surface area contributed by atoms with Gasteiger partial charge in [-0.15, -0.1) is 0 Å². The van der Waals surface area contributed by atoms with Crippen molar-refractivity contribution in [2.75, 3.05) is 32.7 Å². The van der Waals surface area contributed by atoms with Crippen LogP contribution in [0, 0.1) is 13.8 Å². The summed E-state index contributed by atoms with van der Waals surface area (Å²) in [6, 6.07) is 6.68. The van der Waals surface area contributed by atoms with Gasteiger partial charge in [0.05, 0.1) is 23.1 Å². The molecule has 8 nitrogen and oxygen atoms in total. The van der Waals surface area contributed by atoms with Gasteiger partial charge in [0.2, 0.25) is 0 Å². The molecule has 0 saturated carbocycles. The van der Waals surface area contributed by atoms with Crippen molar-refractivity contribution in [2.45, 2.75) is 84.8 Å². The Morgan fingerprint density at radius 2 is 1.81 bits per heavy atom. The highest BCUT2D eigenvalue weighted by molar-refractivity contribution is 5.95. The molecule has 202 valence electrons. The van der Waals surface area contributed by atoms with Gasteiger partial charge in [0.15, 0.2) is 0 Å². The summed E-state index contributed by atoms with van der Waals surface area (Å²) in [5.41, 5.74) is 4.41. The van der Waals surface area contributed by atoms with E-state index >= 15 is 0 Å². The zero-order chi connectivity index (χ0) is 26.7. The molecule has 2 aliphatic heterocycles. The molecular weight excluding hydrogens is 466 g/mol. The number of hydrogen-bond donors (Lipinski definition) is 1. The Labute approximate surface area is 221 Å². The number of piperidine rings is 1. The van der Waals surface area contributed by atoms with E-state index in [0.29, 0.717) is 31.2 Å². The summed E-state index contributed by atoms with van der Waals surface area (Å²) >= 11 is 0. The molecule has 2 aromatic rings. The van der Waals surface area contributed by atoms with E-state index in [9.17, 15) is 9.59 Å². The minimum atomic E-state index is -0.520. The van der Waals surface area contributed by atoms with Gasteiger partial charge in [-0.1, -0.05) is 13.0 Å². The molecule has 2 amide bonds. The van der Waals surface area contributed by atoms with Crippen molar-refractivity contribution in [3.05, 3.63) is 46.8 Å². The first-order chi connectivity index (χ1) is 17.6. The number of hydrogen-bond acceptors (Lipinski definition) is 5. The minimum absolute atomic E-state index is 0.0670. The first-order valence-electron chi connectivity index (χ1n) is 13.7. The van der Waals surface area contributed by atoms with Crippen molar-refractivity contribution in [3.63, 3.8) is 0 Å². The highest BCUT2D eigenvalue weighted by Crippen LogP contribution is 2.33. The summed E-state index contributed by atoms with van der Waals surface area (Å²) in [6.45, 7) is 16.0. The second kappa shape index (κ2) is 11.3. The van der Waals surface area contributed by atoms with Gasteiger partial charge in [0, 0.05) is 31.6 Å². The normalized spacial score (nSPS) is 19.3. The number of benzene rings is 1. The Morgan fingerprint density at radius 3 is 2.46 bits per heavy atom. The van der Waals surface area contributed by atoms with Crippen molar-refractivity contribution >= 4 is 12.0 Å². The Kier molecular flexibility index (Phi) is 8.26. The molecule has 0 unspecified atom stereocenters. The van der Waals surface area contributed by atoms with Gasteiger partial charge in [-0.2, -0.15) is 5.10 Å². The lowest BCUT2D eigenvalue weighted by Crippen LogP contribution is -2.42. The van der Waals surface area contributed by atoms with Crippen LogP contribution in [0.15, 0.2) is 24.4 Å². The van der Waals surface area contributed by atoms with E-state index in [-0.39, 0.29) is 17.9 Å². The Bertz CT molecular complexity index is 1110. The first kappa shape index (κ1) is 27.2. The van der Waals surface area contributed by atoms with Crippen LogP contribution in [0.25, 0.3) is 5.69 Å². The van der Waals surface area contributed by atoms with E-state index in [0.717, 1.165) is 43.7 Å². The molecule has 1 aromatic heterocycles. The largest absolute Gasteiger partial charge is 0.444 e. The monoisotopic (exact) mass is 509 g/mol. The minimum Gasteiger partial charge on any atom is -0.444 e. The van der Waals surface area contributed by atoms with Gasteiger partial charge in [-0.05, 0) is 96.7 Å². The van der Waals surface area contributed by atoms with Crippen molar-refractivity contribution in [1.29, 1.82) is 0 Å². The molecule has 3 heterocycles. The van der Waals surface area contributed by atoms with E-state index in [1.807, 2.05) is 25.5 Å². The van der Waals surface area contributed by atoms with Gasteiger partial charge in [-0.25, -0.2) is 9.48 Å². The molecule has 1 atom stereocenters. The predicted octanol–water partition coefficient (Wildman–Crippen LogP) is 4.82. The summed E-state index contributed by atoms with van der Waals surface area (Å²) in [7, 11) is 0. The number of amides is 2. The lowest BCUT2D eigenvalue weighted by molar-refractivity contribution is 0.0203. The number of rotatable bonds is 6. The van der Waals surface area contributed by atoms with Gasteiger partial charge in [-0.3, -0.25) is 9.69 Å². The first-order valence-corrected chi connectivity index (χ1v) is 13.7. The number of likely N-dealkylation sites (tertiary alicyclic amines) is 2. The number of nitrogens with zero attached hydrogens (tertiary/aromatic N) is 4. The predicted molar refractivity (Wildman–Crippen MR) is 145 cm³/mol. The van der Waals surface area contributed by atoms with Crippen LogP contribution in [0.2, 0.25) is 0 Å². The van der Waals surface area contributed by atoms with E-state index in [4.69, 9.17) is 9.84 Å². The average molecular weight is 510 g/mol. The maximum absolute atomic E-state index is 13.5. The summed E-state index contributed by atoms with van der Waals surface area (Å²) in [4.78, 5) is 30.3. The van der Waals surface area contributed by atoms with Crippen LogP contribution in [0.5, 0.6) is 0 Å². The highest BCUT2D eigenvalue weighted by atomic mass is 16.6. The molecule has 0 spiro atoms. The maximum atomic E-state index is 13.5. The lowest BCUT2D eigenvalue weighted by Gasteiger charge is -2.34. The van der Waals surface area contributed by atoms with Crippen LogP contribution in [0.1, 0.15) is 86.5 Å². The molecular formula is C29H43N5O3. The van der Waals surface area contributed by atoms with Crippen LogP contribution in [0.3, 0.4) is 0 Å². The zero-order valence-corrected chi connectivity index (χ0v) is 23.3. The smallest absolute Gasteiger partial charge is 0.410 e. The molecule has 2 aliphatic rings. The topological polar surface area (TPSA) is 79.7 Å². The number of carbonyl (C=O) groups excluding carboxylic acids is 2. The van der Waals surface area contributed by atoms with Gasteiger partial charge in [0.25, 0.3) is 5.91 Å². The van der Waals surface area contributed by atoms with Crippen molar-refractivity contribution < 1.29 is 14.3 Å². The Morgan fingerprint density at radius 1 is 1.08 bits per heavy atom. The molecule has 0 bridgehead atoms. The van der Waals surface area contributed by atoms with Gasteiger partial charge in [0.1, 0.15) is 5.60 Å². The number of nitrogens with one attached hydrogen (secondary N) is 1. The lowest BCUT2D eigenvalue weighted by atomic mass is 9.90. The summed E-state index contributed by atoms with van der Waals surface area (Å²) in [6.07, 6.45) is 5.24. The second-order valence-corrected chi connectivity index (χ2v) is 11.5. The van der Waals surface area contributed by atoms with Crippen LogP contribution in [-0.2, 0) is 4.74 Å². The standard InChI is InChI=1S/C29H43N5O3/c1-7-32-14-8-9-24(32)18-30-27(35)25-19-31-34(23-11-10-20(2)21(3)17-23)26(25)22-12-15-33(16-13-22)28(36)37-29(4,5)6/h10-11,17,19,22,24H,7-9,12-16,18H2,1-6H3,(H,30,35)/t24-/m1/s1. The molecule has 0 aliphatic carbocycles. The molecule has 0 radical (unpaired) electrons. The summed E-state index contributed by atoms with van der Waals surface area (Å²) in [5.74, 6) is 0.0461. The SMILES string of the molecule is CCN1CCC[C@@H]1CNC(=O)c1cnn(-c2ccc(C)c(C)c2)c1C1CCN(C(=O)OC(C)(C)C)CC1. The van der Waals surface area contributed by atoms with Crippen molar-refractivity contribution in [1.82, 2.24) is 24.9 Å². The van der Waals surface area contributed by atoms with E-state index in [1.54, 1.807) is 11.1 Å². The zero-order valence-electron chi connectivity index (χ0n) is 23.3. The third-order valence-electron chi connectivity index (χ3n) is 7.72. The molecule has 1 aromatic carbocycles. The van der Waals surface area contributed by atoms with Gasteiger partial charge >= 0.3 is 6.09 Å². The molecule has 37 heavy (non-hydrogen) atoms. The van der Waals surface area contributed by atoms with Crippen molar-refractivity contribution in [2.24, 2.45) is 0 Å². The van der Waals surface area contributed by atoms with Gasteiger partial charge < -0.3 is 15.0 Å². The molecule has 2 saturated heterocycles. The summed E-state index contributed by atoms with van der Waals surface area (Å²) in [5, 5.41) is 7.91. The van der Waals surface area contributed by atoms with E-state index in [2.05, 4.69) is 49.2 Å². The van der Waals surface area contributed by atoms with Crippen LogP contribution in [0.4, 0.5) is 4.79 Å². The molecule has 4 rings (SSSR count). The number of ether oxygens (including phenoxy) is 1. The van der Waals surface area contributed by atoms with E-state index in [1.165, 1.54) is 17.5 Å². The van der Waals surface area contributed by atoms with Crippen molar-refractivity contribution in [3.8, 4) is 5.69 Å². The third-order valence-corrected chi connectivity index (χ3v) is 7.72. The number of likely N-dealkylation sites (N-methyl/N-ethyl adjacent to an activating group) is 1. The molecule has 8 heteroatoms. The number of aryl methyl sites for hydroxylation is 2. The Hall–Kier alpha value is -2.87. The third kappa shape index (κ3) is 6.35. The maximum Gasteiger partial charge on any atom is 0.410 e. The second-order valence-electron chi connectivity index (χ2n) is 11.5. The molecule has 1 N–H and O–H groups in total. The van der Waals surface area contributed by atoms with E-state index < -0.39 is 5.60 Å². The van der Waals surface area contributed by atoms with Crippen LogP contribution < -0.4 is 5.32 Å². The molecule has 2 fully saturated rings. The highest BCUT2D eigenvalue weighted by Gasteiger charge is 2.32. The fourth-order valence-corrected chi connectivity index (χ4v) is 5.50. The average Bonchev–Trinajstić information content (AvgIpc) is 3.50. The number of carbonyl (C=O) groups is 2.